The van der Waals surface area contributed by atoms with E-state index in [4.69, 9.17) is 4.74 Å². The summed E-state index contributed by atoms with van der Waals surface area (Å²) in [5.41, 5.74) is 9.89. The van der Waals surface area contributed by atoms with E-state index in [2.05, 4.69) is 26.3 Å². The van der Waals surface area contributed by atoms with E-state index in [0.717, 1.165) is 17.0 Å². The summed E-state index contributed by atoms with van der Waals surface area (Å²) in [6.07, 6.45) is -0.533. The maximum atomic E-state index is 13.1. The minimum Gasteiger partial charge on any atom is -0.489 e. The molecule has 1 atom stereocenters. The summed E-state index contributed by atoms with van der Waals surface area (Å²) < 4.78 is 5.95. The molecule has 2 aliphatic rings. The molecule has 1 unspecified atom stereocenters. The van der Waals surface area contributed by atoms with E-state index in [1.165, 1.54) is 4.90 Å². The quantitative estimate of drug-likeness (QED) is 0.602. The SMILES string of the molecule is Cc1cc(OCc2ccc(C3N=NNN3)c(N3C(=O)c4ccccc4C3=O)c2)cc(C)n1. The molecule has 0 fully saturated rings. The largest absolute Gasteiger partial charge is 0.489 e. The molecule has 0 radical (unpaired) electrons. The second-order valence-electron chi connectivity index (χ2n) is 7.63. The number of carbonyl (C=O) groups is 2. The molecule has 0 aliphatic carbocycles. The van der Waals surface area contributed by atoms with Crippen LogP contribution in [0.3, 0.4) is 0 Å². The Morgan fingerprint density at radius 2 is 1.66 bits per heavy atom. The van der Waals surface area contributed by atoms with Gasteiger partial charge in [0.05, 0.1) is 16.8 Å². The molecular formula is C23H20N6O3. The van der Waals surface area contributed by atoms with Crippen LogP contribution in [-0.2, 0) is 6.61 Å². The van der Waals surface area contributed by atoms with Crippen molar-refractivity contribution in [2.75, 3.05) is 4.90 Å². The Morgan fingerprint density at radius 1 is 0.969 bits per heavy atom. The smallest absolute Gasteiger partial charge is 0.266 e. The van der Waals surface area contributed by atoms with Gasteiger partial charge in [0.25, 0.3) is 11.8 Å². The molecule has 2 amide bonds. The number of hydrazine groups is 1. The Morgan fingerprint density at radius 3 is 2.28 bits per heavy atom. The van der Waals surface area contributed by atoms with Crippen molar-refractivity contribution in [2.24, 2.45) is 10.3 Å². The summed E-state index contributed by atoms with van der Waals surface area (Å²) >= 11 is 0. The van der Waals surface area contributed by atoms with Crippen molar-refractivity contribution in [3.05, 3.63) is 88.2 Å². The minimum absolute atomic E-state index is 0.261. The van der Waals surface area contributed by atoms with Gasteiger partial charge in [-0.2, -0.15) is 5.43 Å². The first-order valence-corrected chi connectivity index (χ1v) is 10.1. The lowest BCUT2D eigenvalue weighted by molar-refractivity contribution is 0.0925. The number of hydrogen-bond acceptors (Lipinski definition) is 8. The predicted molar refractivity (Wildman–Crippen MR) is 116 cm³/mol. The molecule has 9 nitrogen and oxygen atoms in total. The third-order valence-electron chi connectivity index (χ3n) is 5.31. The summed E-state index contributed by atoms with van der Waals surface area (Å²) in [4.78, 5) is 31.8. The van der Waals surface area contributed by atoms with Gasteiger partial charge in [0.1, 0.15) is 12.4 Å². The standard InChI is InChI=1S/C23H20N6O3/c1-13-9-16(10-14(2)24-13)32-12-15-7-8-19(21-25-27-28-26-21)20(11-15)29-22(30)17-5-3-4-6-18(17)23(29)31/h3-11,21H,12H2,1-2H3,(H,25,28)(H,26,27). The number of anilines is 1. The zero-order chi connectivity index (χ0) is 22.2. The van der Waals surface area contributed by atoms with E-state index in [1.54, 1.807) is 30.3 Å². The third-order valence-corrected chi connectivity index (χ3v) is 5.31. The molecule has 0 spiro atoms. The van der Waals surface area contributed by atoms with Crippen molar-refractivity contribution in [3.8, 4) is 5.75 Å². The number of aromatic nitrogens is 1. The Kier molecular flexibility index (Phi) is 4.87. The zero-order valence-electron chi connectivity index (χ0n) is 17.5. The van der Waals surface area contributed by atoms with Gasteiger partial charge in [-0.15, -0.1) is 5.11 Å². The van der Waals surface area contributed by atoms with E-state index in [9.17, 15) is 9.59 Å². The number of carbonyl (C=O) groups excluding carboxylic acids is 2. The Hall–Kier alpha value is -4.11. The van der Waals surface area contributed by atoms with Gasteiger partial charge in [-0.1, -0.05) is 29.5 Å². The molecule has 3 heterocycles. The first kappa shape index (κ1) is 19.8. The van der Waals surface area contributed by atoms with Crippen LogP contribution in [0, 0.1) is 13.8 Å². The number of nitrogens with one attached hydrogen (secondary N) is 2. The first-order chi connectivity index (χ1) is 15.5. The third kappa shape index (κ3) is 3.48. The van der Waals surface area contributed by atoms with Crippen LogP contribution in [-0.4, -0.2) is 16.8 Å². The van der Waals surface area contributed by atoms with Gasteiger partial charge in [0.15, 0.2) is 6.17 Å². The zero-order valence-corrected chi connectivity index (χ0v) is 17.5. The highest BCUT2D eigenvalue weighted by molar-refractivity contribution is 6.34. The number of rotatable bonds is 5. The fourth-order valence-corrected chi connectivity index (χ4v) is 3.90. The van der Waals surface area contributed by atoms with Crippen molar-refractivity contribution in [1.82, 2.24) is 15.9 Å². The maximum Gasteiger partial charge on any atom is 0.266 e. The van der Waals surface area contributed by atoms with Crippen LogP contribution < -0.4 is 20.6 Å². The number of pyridine rings is 1. The van der Waals surface area contributed by atoms with E-state index >= 15 is 0 Å². The molecule has 0 saturated heterocycles. The van der Waals surface area contributed by atoms with Gasteiger partial charge < -0.3 is 4.74 Å². The van der Waals surface area contributed by atoms with Crippen LogP contribution in [0.1, 0.15) is 49.4 Å². The molecule has 9 heteroatoms. The van der Waals surface area contributed by atoms with Crippen LogP contribution in [0.4, 0.5) is 5.69 Å². The van der Waals surface area contributed by atoms with E-state index < -0.39 is 6.17 Å². The van der Waals surface area contributed by atoms with Crippen LogP contribution >= 0.6 is 0 Å². The highest BCUT2D eigenvalue weighted by Gasteiger charge is 2.38. The number of benzene rings is 2. The summed E-state index contributed by atoms with van der Waals surface area (Å²) in [6, 6.07) is 16.0. The summed E-state index contributed by atoms with van der Waals surface area (Å²) in [6.45, 7) is 4.08. The molecule has 1 aromatic heterocycles. The molecule has 0 bridgehead atoms. The Balaban J connectivity index is 1.51. The molecule has 32 heavy (non-hydrogen) atoms. The molecule has 0 saturated carbocycles. The lowest BCUT2D eigenvalue weighted by atomic mass is 10.1. The van der Waals surface area contributed by atoms with Crippen molar-refractivity contribution in [2.45, 2.75) is 26.6 Å². The monoisotopic (exact) mass is 428 g/mol. The summed E-state index contributed by atoms with van der Waals surface area (Å²) in [5, 5.41) is 7.84. The summed E-state index contributed by atoms with van der Waals surface area (Å²) in [5.74, 6) is -0.0294. The molecule has 160 valence electrons. The fourth-order valence-electron chi connectivity index (χ4n) is 3.90. The maximum absolute atomic E-state index is 13.1. The topological polar surface area (TPSA) is 108 Å². The molecule has 2 aromatic carbocycles. The highest BCUT2D eigenvalue weighted by atomic mass is 16.5. The number of nitrogens with zero attached hydrogens (tertiary/aromatic N) is 4. The van der Waals surface area contributed by atoms with E-state index in [1.807, 2.05) is 38.1 Å². The van der Waals surface area contributed by atoms with Crippen LogP contribution in [0.25, 0.3) is 0 Å². The van der Waals surface area contributed by atoms with Crippen molar-refractivity contribution < 1.29 is 14.3 Å². The number of fused-ring (bicyclic) bond motifs is 1. The van der Waals surface area contributed by atoms with Crippen LogP contribution in [0.15, 0.2) is 64.9 Å². The Bertz CT molecular complexity index is 1220. The molecule has 3 aromatic rings. The van der Waals surface area contributed by atoms with E-state index in [-0.39, 0.29) is 18.4 Å². The van der Waals surface area contributed by atoms with Gasteiger partial charge in [-0.05, 0) is 37.6 Å². The predicted octanol–water partition coefficient (Wildman–Crippen LogP) is 3.55. The Labute approximate surface area is 184 Å². The number of aryl methyl sites for hydroxylation is 2. The minimum atomic E-state index is -0.533. The van der Waals surface area contributed by atoms with Gasteiger partial charge in [0, 0.05) is 29.1 Å². The fraction of sp³-hybridized carbons (Fsp3) is 0.174. The molecule has 5 rings (SSSR count). The lowest BCUT2D eigenvalue weighted by Gasteiger charge is -2.21. The van der Waals surface area contributed by atoms with Crippen molar-refractivity contribution in [3.63, 3.8) is 0 Å². The normalized spacial score (nSPS) is 16.9. The van der Waals surface area contributed by atoms with Gasteiger partial charge in [-0.3, -0.25) is 14.6 Å². The van der Waals surface area contributed by atoms with Gasteiger partial charge in [-0.25, -0.2) is 10.4 Å². The number of ether oxygens (including phenoxy) is 1. The molecule has 2 N–H and O–H groups in total. The van der Waals surface area contributed by atoms with E-state index in [0.29, 0.717) is 28.1 Å². The second kappa shape index (κ2) is 7.86. The summed E-state index contributed by atoms with van der Waals surface area (Å²) in [7, 11) is 0. The average molecular weight is 428 g/mol. The van der Waals surface area contributed by atoms with Gasteiger partial charge >= 0.3 is 0 Å². The first-order valence-electron chi connectivity index (χ1n) is 10.1. The number of amides is 2. The average Bonchev–Trinajstić information content (AvgIpc) is 3.39. The van der Waals surface area contributed by atoms with Gasteiger partial charge in [0.2, 0.25) is 0 Å². The van der Waals surface area contributed by atoms with Crippen molar-refractivity contribution >= 4 is 17.5 Å². The van der Waals surface area contributed by atoms with Crippen molar-refractivity contribution in [1.29, 1.82) is 0 Å². The molecular weight excluding hydrogens is 408 g/mol. The second-order valence-corrected chi connectivity index (χ2v) is 7.63. The number of imide groups is 1. The van der Waals surface area contributed by atoms with Crippen LogP contribution in [0.2, 0.25) is 0 Å². The lowest BCUT2D eigenvalue weighted by Crippen LogP contribution is -2.32. The number of hydrogen-bond donors (Lipinski definition) is 2. The molecule has 2 aliphatic heterocycles. The van der Waals surface area contributed by atoms with Crippen LogP contribution in [0.5, 0.6) is 5.75 Å². The highest BCUT2D eigenvalue weighted by Crippen LogP contribution is 2.35.